The maximum atomic E-state index is 12.3. The summed E-state index contributed by atoms with van der Waals surface area (Å²) in [6, 6.07) is 10.8. The number of nitrogens with one attached hydrogen (secondary N) is 2. The van der Waals surface area contributed by atoms with Crippen molar-refractivity contribution < 1.29 is 14.3 Å². The quantitative estimate of drug-likeness (QED) is 0.771. The number of carbonyl (C=O) groups is 2. The zero-order chi connectivity index (χ0) is 18.1. The van der Waals surface area contributed by atoms with Gasteiger partial charge in [0.15, 0.2) is 0 Å². The third-order valence-electron chi connectivity index (χ3n) is 3.62. The number of amides is 2. The fraction of sp³-hybridized carbons (Fsp3) is 0.316. The van der Waals surface area contributed by atoms with Crippen molar-refractivity contribution in [2.75, 3.05) is 20.2 Å². The summed E-state index contributed by atoms with van der Waals surface area (Å²) in [6.07, 6.45) is 3.01. The van der Waals surface area contributed by atoms with E-state index in [1.54, 1.807) is 13.2 Å². The molecule has 0 aliphatic heterocycles. The van der Waals surface area contributed by atoms with Crippen LogP contribution >= 0.6 is 0 Å². The number of methoxy groups -OCH3 is 1. The van der Waals surface area contributed by atoms with Gasteiger partial charge in [0.25, 0.3) is 11.8 Å². The molecule has 1 heterocycles. The molecule has 1 aromatic heterocycles. The molecule has 2 rings (SSSR count). The number of hydrogen-bond acceptors (Lipinski definition) is 4. The van der Waals surface area contributed by atoms with Gasteiger partial charge in [-0.3, -0.25) is 14.6 Å². The third kappa shape index (κ3) is 5.60. The standard InChI is InChI=1S/C19H23N3O3/c1-3-9-21-19(24)17-13-15(8-11-20-17)18(23)22-10-7-14-5-4-6-16(12-14)25-2/h4-6,8,11-13H,3,7,9-10H2,1-2H3,(H,21,24)(H,22,23). The van der Waals surface area contributed by atoms with Crippen molar-refractivity contribution in [3.05, 3.63) is 59.4 Å². The lowest BCUT2D eigenvalue weighted by Gasteiger charge is -2.08. The summed E-state index contributed by atoms with van der Waals surface area (Å²) in [6.45, 7) is 3.04. The van der Waals surface area contributed by atoms with Crippen LogP contribution in [0.15, 0.2) is 42.6 Å². The third-order valence-corrected chi connectivity index (χ3v) is 3.62. The molecule has 0 unspecified atom stereocenters. The monoisotopic (exact) mass is 341 g/mol. The second-order valence-corrected chi connectivity index (χ2v) is 5.54. The van der Waals surface area contributed by atoms with Gasteiger partial charge in [0.2, 0.25) is 0 Å². The van der Waals surface area contributed by atoms with Crippen LogP contribution < -0.4 is 15.4 Å². The van der Waals surface area contributed by atoms with Gasteiger partial charge in [-0.1, -0.05) is 19.1 Å². The van der Waals surface area contributed by atoms with Crippen LogP contribution in [0.25, 0.3) is 0 Å². The van der Waals surface area contributed by atoms with E-state index in [4.69, 9.17) is 4.74 Å². The molecular formula is C19H23N3O3. The fourth-order valence-electron chi connectivity index (χ4n) is 2.28. The van der Waals surface area contributed by atoms with E-state index in [1.807, 2.05) is 31.2 Å². The maximum Gasteiger partial charge on any atom is 0.269 e. The Morgan fingerprint density at radius 1 is 1.08 bits per heavy atom. The average molecular weight is 341 g/mol. The van der Waals surface area contributed by atoms with Crippen LogP contribution in [0.4, 0.5) is 0 Å². The minimum absolute atomic E-state index is 0.227. The van der Waals surface area contributed by atoms with E-state index in [2.05, 4.69) is 15.6 Å². The summed E-state index contributed by atoms with van der Waals surface area (Å²) < 4.78 is 5.18. The maximum absolute atomic E-state index is 12.3. The molecule has 0 radical (unpaired) electrons. The lowest BCUT2D eigenvalue weighted by molar-refractivity contribution is 0.0948. The van der Waals surface area contributed by atoms with Crippen LogP contribution in [0.1, 0.15) is 39.8 Å². The van der Waals surface area contributed by atoms with Crippen LogP contribution in [-0.2, 0) is 6.42 Å². The van der Waals surface area contributed by atoms with Crippen LogP contribution in [0.2, 0.25) is 0 Å². The first-order valence-corrected chi connectivity index (χ1v) is 8.29. The molecule has 0 fully saturated rings. The first-order chi connectivity index (χ1) is 12.1. The first kappa shape index (κ1) is 18.4. The molecule has 0 spiro atoms. The van der Waals surface area contributed by atoms with E-state index < -0.39 is 0 Å². The van der Waals surface area contributed by atoms with E-state index in [9.17, 15) is 9.59 Å². The van der Waals surface area contributed by atoms with Gasteiger partial charge in [-0.05, 0) is 42.7 Å². The van der Waals surface area contributed by atoms with Gasteiger partial charge in [-0.15, -0.1) is 0 Å². The van der Waals surface area contributed by atoms with Crippen molar-refractivity contribution in [1.82, 2.24) is 15.6 Å². The van der Waals surface area contributed by atoms with Gasteiger partial charge in [0.1, 0.15) is 11.4 Å². The summed E-state index contributed by atoms with van der Waals surface area (Å²) in [5.41, 5.74) is 1.74. The molecule has 0 bridgehead atoms. The average Bonchev–Trinajstić information content (AvgIpc) is 2.66. The second-order valence-electron chi connectivity index (χ2n) is 5.54. The van der Waals surface area contributed by atoms with Crippen molar-refractivity contribution in [1.29, 1.82) is 0 Å². The highest BCUT2D eigenvalue weighted by Crippen LogP contribution is 2.12. The van der Waals surface area contributed by atoms with Crippen molar-refractivity contribution >= 4 is 11.8 Å². The van der Waals surface area contributed by atoms with Gasteiger partial charge >= 0.3 is 0 Å². The van der Waals surface area contributed by atoms with Crippen LogP contribution in [-0.4, -0.2) is 37.0 Å². The van der Waals surface area contributed by atoms with Crippen LogP contribution in [0.3, 0.4) is 0 Å². The van der Waals surface area contributed by atoms with Crippen molar-refractivity contribution in [2.45, 2.75) is 19.8 Å². The molecule has 6 heteroatoms. The van der Waals surface area contributed by atoms with Crippen molar-refractivity contribution in [3.8, 4) is 5.75 Å². The van der Waals surface area contributed by atoms with Crippen molar-refractivity contribution in [3.63, 3.8) is 0 Å². The van der Waals surface area contributed by atoms with E-state index in [0.717, 1.165) is 17.7 Å². The smallest absolute Gasteiger partial charge is 0.269 e. The van der Waals surface area contributed by atoms with Crippen molar-refractivity contribution in [2.24, 2.45) is 0 Å². The Morgan fingerprint density at radius 2 is 1.88 bits per heavy atom. The summed E-state index contributed by atoms with van der Waals surface area (Å²) in [5.74, 6) is 0.295. The lowest BCUT2D eigenvalue weighted by Crippen LogP contribution is -2.28. The normalized spacial score (nSPS) is 10.2. The molecule has 2 aromatic rings. The SMILES string of the molecule is CCCNC(=O)c1cc(C(=O)NCCc2cccc(OC)c2)ccn1. The summed E-state index contributed by atoms with van der Waals surface area (Å²) in [4.78, 5) is 28.2. The number of benzene rings is 1. The molecule has 0 saturated heterocycles. The highest BCUT2D eigenvalue weighted by atomic mass is 16.5. The minimum Gasteiger partial charge on any atom is -0.497 e. The number of ether oxygens (including phenoxy) is 1. The van der Waals surface area contributed by atoms with Crippen LogP contribution in [0, 0.1) is 0 Å². The predicted octanol–water partition coefficient (Wildman–Crippen LogP) is 2.20. The molecule has 2 amide bonds. The Labute approximate surface area is 147 Å². The number of pyridine rings is 1. The molecule has 6 nitrogen and oxygen atoms in total. The largest absolute Gasteiger partial charge is 0.497 e. The van der Waals surface area contributed by atoms with Gasteiger partial charge in [-0.2, -0.15) is 0 Å². The fourth-order valence-corrected chi connectivity index (χ4v) is 2.28. The number of rotatable bonds is 8. The zero-order valence-corrected chi connectivity index (χ0v) is 14.5. The molecule has 2 N–H and O–H groups in total. The van der Waals surface area contributed by atoms with E-state index in [0.29, 0.717) is 25.1 Å². The predicted molar refractivity (Wildman–Crippen MR) is 95.9 cm³/mol. The molecule has 0 atom stereocenters. The highest BCUT2D eigenvalue weighted by molar-refractivity contribution is 5.98. The van der Waals surface area contributed by atoms with Crippen LogP contribution in [0.5, 0.6) is 5.75 Å². The molecule has 0 aliphatic rings. The number of hydrogen-bond donors (Lipinski definition) is 2. The Hall–Kier alpha value is -2.89. The number of aromatic nitrogens is 1. The highest BCUT2D eigenvalue weighted by Gasteiger charge is 2.11. The first-order valence-electron chi connectivity index (χ1n) is 8.29. The summed E-state index contributed by atoms with van der Waals surface area (Å²) >= 11 is 0. The zero-order valence-electron chi connectivity index (χ0n) is 14.5. The van der Waals surface area contributed by atoms with Gasteiger partial charge in [0, 0.05) is 24.8 Å². The Bertz CT molecular complexity index is 731. The number of nitrogens with zero attached hydrogens (tertiary/aromatic N) is 1. The molecular weight excluding hydrogens is 318 g/mol. The molecule has 0 aliphatic carbocycles. The second kappa shape index (κ2) is 9.42. The molecule has 25 heavy (non-hydrogen) atoms. The van der Waals surface area contributed by atoms with Gasteiger partial charge in [-0.25, -0.2) is 0 Å². The Balaban J connectivity index is 1.91. The minimum atomic E-state index is -0.270. The molecule has 132 valence electrons. The number of carbonyl (C=O) groups excluding carboxylic acids is 2. The molecule has 0 saturated carbocycles. The Kier molecular flexibility index (Phi) is 6.95. The summed E-state index contributed by atoms with van der Waals surface area (Å²) in [7, 11) is 1.62. The molecule has 1 aromatic carbocycles. The topological polar surface area (TPSA) is 80.3 Å². The van der Waals surface area contributed by atoms with E-state index in [-0.39, 0.29) is 17.5 Å². The van der Waals surface area contributed by atoms with Gasteiger partial charge in [0.05, 0.1) is 7.11 Å². The van der Waals surface area contributed by atoms with E-state index in [1.165, 1.54) is 12.3 Å². The van der Waals surface area contributed by atoms with Gasteiger partial charge < -0.3 is 15.4 Å². The summed E-state index contributed by atoms with van der Waals surface area (Å²) in [5, 5.41) is 5.60. The Morgan fingerprint density at radius 3 is 2.64 bits per heavy atom. The van der Waals surface area contributed by atoms with E-state index >= 15 is 0 Å². The lowest BCUT2D eigenvalue weighted by atomic mass is 10.1.